The van der Waals surface area contributed by atoms with Crippen molar-refractivity contribution in [3.63, 3.8) is 0 Å². The molecule has 158 valence electrons. The summed E-state index contributed by atoms with van der Waals surface area (Å²) in [5.41, 5.74) is 4.77. The van der Waals surface area contributed by atoms with Gasteiger partial charge >= 0.3 is 6.09 Å². The normalized spacial score (nSPS) is 17.7. The quantitative estimate of drug-likeness (QED) is 0.577. The third kappa shape index (κ3) is 4.33. The van der Waals surface area contributed by atoms with E-state index in [1.54, 1.807) is 4.90 Å². The first-order valence-electron chi connectivity index (χ1n) is 10.6. The maximum atomic E-state index is 12.4. The Morgan fingerprint density at radius 3 is 2.33 bits per heavy atom. The summed E-state index contributed by atoms with van der Waals surface area (Å²) in [6.07, 6.45) is 0.714. The summed E-state index contributed by atoms with van der Waals surface area (Å²) >= 11 is 0. The van der Waals surface area contributed by atoms with Gasteiger partial charge in [0.15, 0.2) is 0 Å². The van der Waals surface area contributed by atoms with Crippen LogP contribution in [0, 0.1) is 5.92 Å². The summed E-state index contributed by atoms with van der Waals surface area (Å²) in [4.78, 5) is 36.4. The molecular formula is C24H28N2O4. The average molecular weight is 408 g/mol. The van der Waals surface area contributed by atoms with Crippen molar-refractivity contribution in [1.29, 1.82) is 0 Å². The van der Waals surface area contributed by atoms with E-state index < -0.39 is 6.09 Å². The van der Waals surface area contributed by atoms with Gasteiger partial charge < -0.3 is 10.2 Å². The van der Waals surface area contributed by atoms with Crippen LogP contribution in [-0.2, 0) is 14.6 Å². The largest absolute Gasteiger partial charge is 0.441 e. The summed E-state index contributed by atoms with van der Waals surface area (Å²) in [5, 5.41) is 2.99. The molecule has 1 aliphatic heterocycles. The van der Waals surface area contributed by atoms with Gasteiger partial charge in [0.2, 0.25) is 5.91 Å². The predicted molar refractivity (Wildman–Crippen MR) is 114 cm³/mol. The van der Waals surface area contributed by atoms with Crippen LogP contribution >= 0.6 is 0 Å². The highest BCUT2D eigenvalue weighted by Crippen LogP contribution is 2.44. The third-order valence-electron chi connectivity index (χ3n) is 5.73. The summed E-state index contributed by atoms with van der Waals surface area (Å²) < 4.78 is 0. The Morgan fingerprint density at radius 1 is 1.07 bits per heavy atom. The Bertz CT molecular complexity index is 881. The fourth-order valence-corrected chi connectivity index (χ4v) is 4.35. The van der Waals surface area contributed by atoms with E-state index >= 15 is 0 Å². The van der Waals surface area contributed by atoms with Crippen molar-refractivity contribution < 1.29 is 19.4 Å². The molecule has 30 heavy (non-hydrogen) atoms. The molecule has 2 aliphatic rings. The summed E-state index contributed by atoms with van der Waals surface area (Å²) in [5.74, 6) is 0.374. The Hall–Kier alpha value is -2.86. The van der Waals surface area contributed by atoms with Crippen LogP contribution in [0.15, 0.2) is 48.5 Å². The second kappa shape index (κ2) is 8.88. The summed E-state index contributed by atoms with van der Waals surface area (Å²) in [6, 6.07) is 16.5. The molecule has 1 fully saturated rings. The van der Waals surface area contributed by atoms with Gasteiger partial charge in [0, 0.05) is 31.5 Å². The maximum Gasteiger partial charge on any atom is 0.441 e. The Balaban J connectivity index is 1.29. The minimum atomic E-state index is -0.504. The first kappa shape index (κ1) is 20.4. The number of rotatable bonds is 6. The minimum Gasteiger partial charge on any atom is -0.352 e. The van der Waals surface area contributed by atoms with Gasteiger partial charge in [-0.2, -0.15) is 4.89 Å². The number of carbonyl (C=O) groups excluding carboxylic acids is 2. The van der Waals surface area contributed by atoms with Crippen LogP contribution in [-0.4, -0.2) is 42.6 Å². The predicted octanol–water partition coefficient (Wildman–Crippen LogP) is 4.10. The highest BCUT2D eigenvalue weighted by molar-refractivity contribution is 5.79. The van der Waals surface area contributed by atoms with Gasteiger partial charge in [-0.1, -0.05) is 62.4 Å². The number of carbonyl (C=O) groups is 2. The minimum absolute atomic E-state index is 0.0278. The molecule has 0 spiro atoms. The molecule has 2 aromatic rings. The van der Waals surface area contributed by atoms with Crippen molar-refractivity contribution in [2.24, 2.45) is 5.92 Å². The number of hydrogen-bond donors (Lipinski definition) is 1. The topological polar surface area (TPSA) is 67.9 Å². The van der Waals surface area contributed by atoms with Crippen LogP contribution in [0.1, 0.15) is 43.7 Å². The van der Waals surface area contributed by atoms with Crippen LogP contribution in [0.25, 0.3) is 11.1 Å². The van der Waals surface area contributed by atoms with Gasteiger partial charge in [0.1, 0.15) is 6.61 Å². The lowest BCUT2D eigenvalue weighted by Crippen LogP contribution is -2.39. The van der Waals surface area contributed by atoms with E-state index in [0.29, 0.717) is 25.4 Å². The van der Waals surface area contributed by atoms with Crippen molar-refractivity contribution >= 4 is 12.0 Å². The zero-order valence-electron chi connectivity index (χ0n) is 17.5. The molecule has 1 heterocycles. The molecule has 1 aliphatic carbocycles. The lowest BCUT2D eigenvalue weighted by Gasteiger charge is -2.17. The zero-order valence-corrected chi connectivity index (χ0v) is 17.5. The molecule has 6 heteroatoms. The number of fused-ring (bicyclic) bond motifs is 3. The molecule has 2 aromatic carbocycles. The van der Waals surface area contributed by atoms with Crippen molar-refractivity contribution in [3.05, 3.63) is 59.7 Å². The molecule has 1 saturated heterocycles. The SMILES string of the molecule is CC(C)CC(=O)NC1CCN(C(=O)OOCC2c3ccccc3-c3ccccc32)C1. The van der Waals surface area contributed by atoms with Gasteiger partial charge in [-0.3, -0.25) is 9.68 Å². The van der Waals surface area contributed by atoms with Crippen LogP contribution < -0.4 is 5.32 Å². The fraction of sp³-hybridized carbons (Fsp3) is 0.417. The molecule has 0 bridgehead atoms. The van der Waals surface area contributed by atoms with Gasteiger partial charge in [-0.15, -0.1) is 0 Å². The van der Waals surface area contributed by atoms with E-state index in [2.05, 4.69) is 29.6 Å². The average Bonchev–Trinajstić information content (AvgIpc) is 3.31. The second-order valence-corrected chi connectivity index (χ2v) is 8.46. The van der Waals surface area contributed by atoms with E-state index in [-0.39, 0.29) is 24.5 Å². The van der Waals surface area contributed by atoms with Gasteiger partial charge in [0.05, 0.1) is 0 Å². The number of nitrogens with zero attached hydrogens (tertiary/aromatic N) is 1. The van der Waals surface area contributed by atoms with E-state index in [4.69, 9.17) is 9.78 Å². The molecule has 0 aromatic heterocycles. The molecular weight excluding hydrogens is 380 g/mol. The van der Waals surface area contributed by atoms with Gasteiger partial charge in [-0.25, -0.2) is 4.79 Å². The number of hydrogen-bond acceptors (Lipinski definition) is 4. The number of amides is 2. The van der Waals surface area contributed by atoms with Crippen LogP contribution in [0.2, 0.25) is 0 Å². The van der Waals surface area contributed by atoms with Crippen molar-refractivity contribution in [2.75, 3.05) is 19.7 Å². The van der Waals surface area contributed by atoms with E-state index in [1.807, 2.05) is 38.1 Å². The lowest BCUT2D eigenvalue weighted by molar-refractivity contribution is -0.246. The van der Waals surface area contributed by atoms with E-state index in [0.717, 1.165) is 6.42 Å². The zero-order chi connectivity index (χ0) is 21.1. The smallest absolute Gasteiger partial charge is 0.352 e. The van der Waals surface area contributed by atoms with Crippen LogP contribution in [0.3, 0.4) is 0 Å². The molecule has 1 N–H and O–H groups in total. The second-order valence-electron chi connectivity index (χ2n) is 8.46. The standard InChI is InChI=1S/C24H28N2O4/c1-16(2)13-23(27)25-17-11-12-26(14-17)24(28)30-29-15-22-20-9-5-3-7-18(20)19-8-4-6-10-21(19)22/h3-10,16-17,22H,11-15H2,1-2H3,(H,25,27). The molecule has 1 unspecified atom stereocenters. The highest BCUT2D eigenvalue weighted by Gasteiger charge is 2.31. The molecule has 0 radical (unpaired) electrons. The molecule has 2 amide bonds. The summed E-state index contributed by atoms with van der Waals surface area (Å²) in [7, 11) is 0. The number of nitrogens with one attached hydrogen (secondary N) is 1. The van der Waals surface area contributed by atoms with Crippen LogP contribution in [0.4, 0.5) is 4.79 Å². The Morgan fingerprint density at radius 2 is 1.70 bits per heavy atom. The molecule has 4 rings (SSSR count). The van der Waals surface area contributed by atoms with Crippen molar-refractivity contribution in [1.82, 2.24) is 10.2 Å². The molecule has 0 saturated carbocycles. The van der Waals surface area contributed by atoms with E-state index in [1.165, 1.54) is 22.3 Å². The number of benzene rings is 2. The molecule has 1 atom stereocenters. The third-order valence-corrected chi connectivity index (χ3v) is 5.73. The highest BCUT2D eigenvalue weighted by atomic mass is 17.2. The van der Waals surface area contributed by atoms with Crippen molar-refractivity contribution in [3.8, 4) is 11.1 Å². The van der Waals surface area contributed by atoms with E-state index in [9.17, 15) is 9.59 Å². The van der Waals surface area contributed by atoms with Crippen LogP contribution in [0.5, 0.6) is 0 Å². The maximum absolute atomic E-state index is 12.4. The number of likely N-dealkylation sites (tertiary alicyclic amines) is 1. The monoisotopic (exact) mass is 408 g/mol. The van der Waals surface area contributed by atoms with Crippen molar-refractivity contribution in [2.45, 2.75) is 38.6 Å². The summed E-state index contributed by atoms with van der Waals surface area (Å²) in [6.45, 7) is 5.28. The molecule has 6 nitrogen and oxygen atoms in total. The lowest BCUT2D eigenvalue weighted by atomic mass is 9.98. The fourth-order valence-electron chi connectivity index (χ4n) is 4.35. The first-order valence-corrected chi connectivity index (χ1v) is 10.6. The Labute approximate surface area is 177 Å². The van der Waals surface area contributed by atoms with Gasteiger partial charge in [0.25, 0.3) is 0 Å². The first-order chi connectivity index (χ1) is 14.5. The Kier molecular flexibility index (Phi) is 6.04. The van der Waals surface area contributed by atoms with Gasteiger partial charge in [-0.05, 0) is 34.6 Å².